The molecule has 7 heteroatoms. The number of rotatable bonds is 4. The van der Waals surface area contributed by atoms with Gasteiger partial charge in [-0.05, 0) is 39.4 Å². The summed E-state index contributed by atoms with van der Waals surface area (Å²) in [6.07, 6.45) is 6.26. The van der Waals surface area contributed by atoms with E-state index in [9.17, 15) is 0 Å². The minimum absolute atomic E-state index is 0.345. The molecule has 1 heterocycles. The van der Waals surface area contributed by atoms with Gasteiger partial charge in [-0.1, -0.05) is 39.9 Å². The van der Waals surface area contributed by atoms with Crippen molar-refractivity contribution in [3.05, 3.63) is 40.9 Å². The molecule has 0 amide bonds. The first-order chi connectivity index (χ1) is 11.2. The summed E-state index contributed by atoms with van der Waals surface area (Å²) in [5, 5.41) is 5.62. The lowest BCUT2D eigenvalue weighted by molar-refractivity contribution is 0.716. The van der Waals surface area contributed by atoms with Gasteiger partial charge in [-0.3, -0.25) is 4.99 Å². The number of thioether (sulfide) groups is 1. The molecular weight excluding hydrogens is 400 g/mol. The van der Waals surface area contributed by atoms with Crippen molar-refractivity contribution >= 4 is 40.8 Å². The molecule has 4 nitrogen and oxygen atoms in total. The smallest absolute Gasteiger partial charge is 0.138 e. The van der Waals surface area contributed by atoms with Crippen LogP contribution in [0.3, 0.4) is 0 Å². The van der Waals surface area contributed by atoms with Crippen LogP contribution in [-0.2, 0) is 0 Å². The topological polar surface area (TPSA) is 43.1 Å². The van der Waals surface area contributed by atoms with Crippen LogP contribution in [0.2, 0.25) is 18.1 Å². The third-order valence-electron chi connectivity index (χ3n) is 4.70. The highest BCUT2D eigenvalue weighted by Gasteiger charge is 2.34. The highest BCUT2D eigenvalue weighted by Crippen LogP contribution is 2.36. The van der Waals surface area contributed by atoms with Crippen LogP contribution in [0.25, 0.3) is 5.69 Å². The quantitative estimate of drug-likeness (QED) is 0.385. The lowest BCUT2D eigenvalue weighted by atomic mass is 10.2. The van der Waals surface area contributed by atoms with Crippen LogP contribution in [0, 0.1) is 0 Å². The first-order valence-corrected chi connectivity index (χ1v) is 13.1. The number of aromatic nitrogens is 3. The van der Waals surface area contributed by atoms with Gasteiger partial charge in [-0.25, -0.2) is 9.67 Å². The summed E-state index contributed by atoms with van der Waals surface area (Å²) >= 11 is 5.35. The van der Waals surface area contributed by atoms with Crippen LogP contribution >= 0.6 is 27.7 Å². The number of aliphatic imine (C=N–C) groups is 1. The normalized spacial score (nSPS) is 13.4. The Labute approximate surface area is 158 Å². The van der Waals surface area contributed by atoms with Crippen LogP contribution < -0.4 is 0 Å². The molecule has 2 aromatic rings. The van der Waals surface area contributed by atoms with Crippen molar-refractivity contribution in [1.29, 1.82) is 0 Å². The van der Waals surface area contributed by atoms with E-state index in [1.807, 2.05) is 6.07 Å². The van der Waals surface area contributed by atoms with E-state index in [1.54, 1.807) is 22.8 Å². The molecule has 0 aliphatic heterocycles. The van der Waals surface area contributed by atoms with Crippen molar-refractivity contribution < 1.29 is 0 Å². The van der Waals surface area contributed by atoms with E-state index < -0.39 is 8.07 Å². The summed E-state index contributed by atoms with van der Waals surface area (Å²) in [6.45, 7) is 11.8. The average molecular weight is 425 g/mol. The maximum atomic E-state index is 4.97. The Kier molecular flexibility index (Phi) is 6.09. The summed E-state index contributed by atoms with van der Waals surface area (Å²) in [5.74, 6) is 0. The van der Waals surface area contributed by atoms with E-state index >= 15 is 0 Å². The lowest BCUT2D eigenvalue weighted by Gasteiger charge is -2.35. The summed E-state index contributed by atoms with van der Waals surface area (Å²) in [5.41, 5.74) is 2.11. The zero-order chi connectivity index (χ0) is 18.0. The number of hydrogen-bond donors (Lipinski definition) is 0. The van der Waals surface area contributed by atoms with Gasteiger partial charge in [0.25, 0.3) is 0 Å². The summed E-state index contributed by atoms with van der Waals surface area (Å²) in [4.78, 5) is 8.97. The van der Waals surface area contributed by atoms with Crippen molar-refractivity contribution in [2.45, 2.75) is 38.9 Å². The van der Waals surface area contributed by atoms with Gasteiger partial charge in [0.15, 0.2) is 0 Å². The molecule has 0 fully saturated rings. The van der Waals surface area contributed by atoms with Gasteiger partial charge in [0.1, 0.15) is 12.7 Å². The largest absolute Gasteiger partial charge is 0.281 e. The van der Waals surface area contributed by atoms with Gasteiger partial charge in [0, 0.05) is 16.2 Å². The molecule has 1 aromatic heterocycles. The summed E-state index contributed by atoms with van der Waals surface area (Å²) in [7, 11) is -1.42. The molecule has 0 aliphatic carbocycles. The summed E-state index contributed by atoms with van der Waals surface area (Å²) in [6, 6.07) is 6.26. The lowest BCUT2D eigenvalue weighted by Crippen LogP contribution is -2.41. The van der Waals surface area contributed by atoms with E-state index in [2.05, 4.69) is 78.3 Å². The Morgan fingerprint density at radius 1 is 1.33 bits per heavy atom. The van der Waals surface area contributed by atoms with Gasteiger partial charge in [0.05, 0.1) is 18.8 Å². The maximum Gasteiger partial charge on any atom is 0.138 e. The van der Waals surface area contributed by atoms with E-state index in [0.717, 1.165) is 26.9 Å². The minimum atomic E-state index is -1.42. The Bertz CT molecular complexity index is 721. The number of halogens is 1. The van der Waals surface area contributed by atoms with E-state index in [4.69, 9.17) is 4.99 Å². The standard InChI is InChI=1S/C17H25BrN4SSi/c1-17(2,3)24(5,6)12-20-16(23-4)13-7-8-15(14(18)9-13)22-11-19-10-21-22/h7-11H,12H2,1-6H3. The Hall–Kier alpha value is -0.923. The summed E-state index contributed by atoms with van der Waals surface area (Å²) < 4.78 is 2.74. The van der Waals surface area contributed by atoms with Gasteiger partial charge >= 0.3 is 0 Å². The van der Waals surface area contributed by atoms with Gasteiger partial charge in [0.2, 0.25) is 0 Å². The van der Waals surface area contributed by atoms with Crippen LogP contribution in [-0.4, -0.2) is 40.3 Å². The molecular formula is C17H25BrN4SSi. The van der Waals surface area contributed by atoms with Gasteiger partial charge in [-0.15, -0.1) is 11.8 Å². The monoisotopic (exact) mass is 424 g/mol. The zero-order valence-corrected chi connectivity index (χ0v) is 18.6. The van der Waals surface area contributed by atoms with Crippen molar-refractivity contribution in [1.82, 2.24) is 14.8 Å². The molecule has 2 rings (SSSR count). The molecule has 0 bridgehead atoms. The molecule has 0 saturated heterocycles. The van der Waals surface area contributed by atoms with Crippen molar-refractivity contribution in [3.63, 3.8) is 0 Å². The predicted octanol–water partition coefficient (Wildman–Crippen LogP) is 5.19. The number of hydrogen-bond acceptors (Lipinski definition) is 4. The molecule has 0 atom stereocenters. The van der Waals surface area contributed by atoms with E-state index in [-0.39, 0.29) is 0 Å². The van der Waals surface area contributed by atoms with Crippen LogP contribution in [0.15, 0.2) is 40.3 Å². The molecule has 0 radical (unpaired) electrons. The molecule has 0 aliphatic rings. The second kappa shape index (κ2) is 7.54. The van der Waals surface area contributed by atoms with Crippen LogP contribution in [0.5, 0.6) is 0 Å². The Balaban J connectivity index is 2.28. The average Bonchev–Trinajstić information content (AvgIpc) is 3.00. The fourth-order valence-corrected chi connectivity index (χ4v) is 4.20. The maximum absolute atomic E-state index is 4.97. The first-order valence-electron chi connectivity index (χ1n) is 7.89. The zero-order valence-electron chi connectivity index (χ0n) is 15.2. The Morgan fingerprint density at radius 3 is 2.54 bits per heavy atom. The van der Waals surface area contributed by atoms with Crippen LogP contribution in [0.4, 0.5) is 0 Å². The number of nitrogens with zero attached hydrogens (tertiary/aromatic N) is 4. The SMILES string of the molecule is CSC(=NC[Si](C)(C)C(C)(C)C)c1ccc(-n2cncn2)c(Br)c1. The minimum Gasteiger partial charge on any atom is -0.281 e. The second-order valence-corrected chi connectivity index (χ2v) is 14.7. The van der Waals surface area contributed by atoms with Crippen molar-refractivity contribution in [2.75, 3.05) is 12.4 Å². The third-order valence-corrected chi connectivity index (χ3v) is 11.1. The highest BCUT2D eigenvalue weighted by atomic mass is 79.9. The van der Waals surface area contributed by atoms with E-state index in [1.165, 1.54) is 6.33 Å². The molecule has 0 unspecified atom stereocenters. The second-order valence-electron chi connectivity index (χ2n) is 7.47. The predicted molar refractivity (Wildman–Crippen MR) is 111 cm³/mol. The number of benzene rings is 1. The molecule has 24 heavy (non-hydrogen) atoms. The molecule has 1 aromatic carbocycles. The fraction of sp³-hybridized carbons (Fsp3) is 0.471. The highest BCUT2D eigenvalue weighted by molar-refractivity contribution is 9.10. The van der Waals surface area contributed by atoms with E-state index in [0.29, 0.717) is 5.04 Å². The Morgan fingerprint density at radius 2 is 2.04 bits per heavy atom. The molecule has 0 spiro atoms. The van der Waals surface area contributed by atoms with Crippen molar-refractivity contribution in [3.8, 4) is 5.69 Å². The van der Waals surface area contributed by atoms with Gasteiger partial charge in [-0.2, -0.15) is 5.10 Å². The molecule has 0 N–H and O–H groups in total. The van der Waals surface area contributed by atoms with Crippen molar-refractivity contribution in [2.24, 2.45) is 4.99 Å². The fourth-order valence-electron chi connectivity index (χ4n) is 1.94. The third kappa shape index (κ3) is 4.37. The van der Waals surface area contributed by atoms with Crippen LogP contribution in [0.1, 0.15) is 26.3 Å². The molecule has 130 valence electrons. The molecule has 0 saturated carbocycles. The van der Waals surface area contributed by atoms with Gasteiger partial charge < -0.3 is 0 Å². The first kappa shape index (κ1) is 19.4.